The standard InChI is InChI=1S/C16H16FN3OS2/c1-11-14(7-8-21-11)15-18-19-16(20(15)2)23-10-9-22-13-5-3-12(17)4-6-13/h3-8H,9-10H2,1-2H3. The van der Waals surface area contributed by atoms with Crippen LogP contribution in [-0.4, -0.2) is 26.3 Å². The van der Waals surface area contributed by atoms with Crippen molar-refractivity contribution in [3.05, 3.63) is 48.2 Å². The molecule has 0 radical (unpaired) electrons. The van der Waals surface area contributed by atoms with Gasteiger partial charge >= 0.3 is 0 Å². The molecule has 0 aliphatic carbocycles. The van der Waals surface area contributed by atoms with Gasteiger partial charge in [0.05, 0.1) is 11.8 Å². The van der Waals surface area contributed by atoms with Gasteiger partial charge in [-0.25, -0.2) is 4.39 Å². The molecular formula is C16H16FN3OS2. The zero-order valence-electron chi connectivity index (χ0n) is 12.8. The molecule has 0 saturated heterocycles. The fourth-order valence-corrected chi connectivity index (χ4v) is 3.91. The Morgan fingerprint density at radius 3 is 2.52 bits per heavy atom. The van der Waals surface area contributed by atoms with E-state index in [0.717, 1.165) is 38.7 Å². The van der Waals surface area contributed by atoms with Crippen LogP contribution in [-0.2, 0) is 7.05 Å². The van der Waals surface area contributed by atoms with E-state index >= 15 is 0 Å². The molecule has 0 atom stereocenters. The molecule has 120 valence electrons. The summed E-state index contributed by atoms with van der Waals surface area (Å²) in [4.78, 5) is 1.07. The van der Waals surface area contributed by atoms with Crippen LogP contribution in [0.3, 0.4) is 0 Å². The summed E-state index contributed by atoms with van der Waals surface area (Å²) < 4.78 is 20.1. The Balaban J connectivity index is 1.56. The van der Waals surface area contributed by atoms with E-state index in [1.165, 1.54) is 12.1 Å². The number of benzene rings is 1. The van der Waals surface area contributed by atoms with Gasteiger partial charge < -0.3 is 8.98 Å². The van der Waals surface area contributed by atoms with Crippen molar-refractivity contribution in [2.45, 2.75) is 17.0 Å². The minimum absolute atomic E-state index is 0.204. The van der Waals surface area contributed by atoms with E-state index in [0.29, 0.717) is 0 Å². The van der Waals surface area contributed by atoms with Gasteiger partial charge in [-0.1, -0.05) is 11.8 Å². The first-order valence-corrected chi connectivity index (χ1v) is 9.07. The Labute approximate surface area is 142 Å². The molecule has 0 amide bonds. The first-order valence-electron chi connectivity index (χ1n) is 7.10. The summed E-state index contributed by atoms with van der Waals surface area (Å²) in [5.74, 6) is 3.26. The number of rotatable bonds is 6. The fraction of sp³-hybridized carbons (Fsp3) is 0.250. The molecule has 0 spiro atoms. The maximum absolute atomic E-state index is 12.8. The van der Waals surface area contributed by atoms with Crippen LogP contribution >= 0.6 is 23.5 Å². The smallest absolute Gasteiger partial charge is 0.191 e. The van der Waals surface area contributed by atoms with E-state index in [-0.39, 0.29) is 5.82 Å². The van der Waals surface area contributed by atoms with Crippen molar-refractivity contribution in [3.8, 4) is 11.4 Å². The number of hydrogen-bond acceptors (Lipinski definition) is 5. The van der Waals surface area contributed by atoms with Gasteiger partial charge in [0.25, 0.3) is 0 Å². The Hall–Kier alpha value is -1.73. The molecule has 0 aliphatic heterocycles. The van der Waals surface area contributed by atoms with Gasteiger partial charge in [0.15, 0.2) is 11.0 Å². The van der Waals surface area contributed by atoms with Crippen molar-refractivity contribution >= 4 is 23.5 Å². The molecule has 3 rings (SSSR count). The topological polar surface area (TPSA) is 43.9 Å². The monoisotopic (exact) mass is 349 g/mol. The molecule has 0 N–H and O–H groups in total. The molecule has 0 unspecified atom stereocenters. The quantitative estimate of drug-likeness (QED) is 0.487. The van der Waals surface area contributed by atoms with Gasteiger partial charge in [0.2, 0.25) is 0 Å². The number of halogens is 1. The molecule has 0 fully saturated rings. The fourth-order valence-electron chi connectivity index (χ4n) is 2.12. The lowest BCUT2D eigenvalue weighted by Crippen LogP contribution is -1.96. The van der Waals surface area contributed by atoms with Crippen molar-refractivity contribution in [3.63, 3.8) is 0 Å². The molecule has 0 saturated carbocycles. The predicted octanol–water partition coefficient (Wildman–Crippen LogP) is 4.41. The molecule has 4 nitrogen and oxygen atoms in total. The normalized spacial score (nSPS) is 11.1. The molecule has 3 aromatic rings. The van der Waals surface area contributed by atoms with Gasteiger partial charge in [-0.2, -0.15) is 0 Å². The molecule has 2 aromatic heterocycles. The highest BCUT2D eigenvalue weighted by Crippen LogP contribution is 2.27. The summed E-state index contributed by atoms with van der Waals surface area (Å²) in [5, 5.41) is 9.37. The van der Waals surface area contributed by atoms with Crippen LogP contribution < -0.4 is 0 Å². The third kappa shape index (κ3) is 3.79. The van der Waals surface area contributed by atoms with Crippen LogP contribution in [0.15, 0.2) is 51.1 Å². The van der Waals surface area contributed by atoms with Gasteiger partial charge in [0, 0.05) is 23.4 Å². The Morgan fingerprint density at radius 1 is 1.09 bits per heavy atom. The summed E-state index contributed by atoms with van der Waals surface area (Å²) in [6, 6.07) is 8.47. The van der Waals surface area contributed by atoms with E-state index in [4.69, 9.17) is 4.42 Å². The van der Waals surface area contributed by atoms with Crippen LogP contribution in [0, 0.1) is 12.7 Å². The Morgan fingerprint density at radius 2 is 1.83 bits per heavy atom. The Bertz CT molecular complexity index is 783. The van der Waals surface area contributed by atoms with Crippen molar-refractivity contribution in [2.75, 3.05) is 11.5 Å². The second-order valence-electron chi connectivity index (χ2n) is 4.91. The number of nitrogens with zero attached hydrogens (tertiary/aromatic N) is 3. The Kier molecular flexibility index (Phi) is 5.07. The van der Waals surface area contributed by atoms with Crippen molar-refractivity contribution in [2.24, 2.45) is 7.05 Å². The van der Waals surface area contributed by atoms with Crippen LogP contribution in [0.25, 0.3) is 11.4 Å². The third-order valence-corrected chi connectivity index (χ3v) is 5.63. The first-order chi connectivity index (χ1) is 11.1. The minimum Gasteiger partial charge on any atom is -0.469 e. The average Bonchev–Trinajstić information content (AvgIpc) is 3.12. The minimum atomic E-state index is -0.204. The van der Waals surface area contributed by atoms with E-state index in [1.54, 1.807) is 41.9 Å². The number of thioether (sulfide) groups is 2. The molecule has 2 heterocycles. The average molecular weight is 349 g/mol. The lowest BCUT2D eigenvalue weighted by atomic mass is 10.2. The zero-order valence-corrected chi connectivity index (χ0v) is 14.5. The van der Waals surface area contributed by atoms with Crippen LogP contribution in [0.1, 0.15) is 5.76 Å². The van der Waals surface area contributed by atoms with E-state index in [9.17, 15) is 4.39 Å². The van der Waals surface area contributed by atoms with Gasteiger partial charge in [-0.15, -0.1) is 22.0 Å². The molecule has 23 heavy (non-hydrogen) atoms. The number of hydrogen-bond donors (Lipinski definition) is 0. The van der Waals surface area contributed by atoms with Gasteiger partial charge in [-0.05, 0) is 37.3 Å². The summed E-state index contributed by atoms with van der Waals surface area (Å²) in [6.45, 7) is 1.91. The summed E-state index contributed by atoms with van der Waals surface area (Å²) in [6.07, 6.45) is 1.66. The maximum Gasteiger partial charge on any atom is 0.191 e. The van der Waals surface area contributed by atoms with Crippen LogP contribution in [0.5, 0.6) is 0 Å². The van der Waals surface area contributed by atoms with Crippen molar-refractivity contribution < 1.29 is 8.81 Å². The highest BCUT2D eigenvalue weighted by molar-refractivity contribution is 8.02. The van der Waals surface area contributed by atoms with Crippen LogP contribution in [0.4, 0.5) is 4.39 Å². The van der Waals surface area contributed by atoms with Gasteiger partial charge in [-0.3, -0.25) is 0 Å². The van der Waals surface area contributed by atoms with E-state index < -0.39 is 0 Å². The van der Waals surface area contributed by atoms with Crippen molar-refractivity contribution in [1.82, 2.24) is 14.8 Å². The SMILES string of the molecule is Cc1occc1-c1nnc(SCCSc2ccc(F)cc2)n1C. The second-order valence-corrected chi connectivity index (χ2v) is 7.14. The summed E-state index contributed by atoms with van der Waals surface area (Å²) >= 11 is 3.36. The van der Waals surface area contributed by atoms with E-state index in [1.807, 2.05) is 24.6 Å². The van der Waals surface area contributed by atoms with Gasteiger partial charge in [0.1, 0.15) is 11.6 Å². The third-order valence-electron chi connectivity index (χ3n) is 3.33. The second kappa shape index (κ2) is 7.23. The zero-order chi connectivity index (χ0) is 16.2. The van der Waals surface area contributed by atoms with Crippen LogP contribution in [0.2, 0.25) is 0 Å². The lowest BCUT2D eigenvalue weighted by Gasteiger charge is -2.03. The highest BCUT2D eigenvalue weighted by atomic mass is 32.2. The first kappa shape index (κ1) is 16.1. The molecule has 0 bridgehead atoms. The number of aryl methyl sites for hydroxylation is 1. The predicted molar refractivity (Wildman–Crippen MR) is 91.3 cm³/mol. The number of furan rings is 1. The summed E-state index contributed by atoms with van der Waals surface area (Å²) in [5.41, 5.74) is 0.965. The molecule has 0 aliphatic rings. The van der Waals surface area contributed by atoms with E-state index in [2.05, 4.69) is 10.2 Å². The highest BCUT2D eigenvalue weighted by Gasteiger charge is 2.14. The molecule has 7 heteroatoms. The molecule has 1 aromatic carbocycles. The summed E-state index contributed by atoms with van der Waals surface area (Å²) in [7, 11) is 1.96. The molecular weight excluding hydrogens is 333 g/mol. The number of aromatic nitrogens is 3. The van der Waals surface area contributed by atoms with Crippen molar-refractivity contribution in [1.29, 1.82) is 0 Å². The maximum atomic E-state index is 12.8. The lowest BCUT2D eigenvalue weighted by molar-refractivity contribution is 0.534. The largest absolute Gasteiger partial charge is 0.469 e.